The van der Waals surface area contributed by atoms with Crippen molar-refractivity contribution in [2.75, 3.05) is 18.8 Å². The van der Waals surface area contributed by atoms with Gasteiger partial charge in [-0.2, -0.15) is 0 Å². The van der Waals surface area contributed by atoms with Crippen LogP contribution in [-0.4, -0.2) is 40.4 Å². The minimum Gasteiger partial charge on any atom is -0.360 e. The van der Waals surface area contributed by atoms with Crippen LogP contribution in [0.4, 0.5) is 5.69 Å². The number of benzene rings is 1. The molecule has 0 saturated carbocycles. The molecule has 2 aromatic rings. The van der Waals surface area contributed by atoms with Gasteiger partial charge in [0.25, 0.3) is 10.0 Å². The van der Waals surface area contributed by atoms with Crippen LogP contribution >= 0.6 is 0 Å². The van der Waals surface area contributed by atoms with Gasteiger partial charge in [-0.15, -0.1) is 0 Å². The molecule has 0 atom stereocenters. The van der Waals surface area contributed by atoms with E-state index in [1.807, 2.05) is 0 Å². The van der Waals surface area contributed by atoms with Crippen LogP contribution in [0.2, 0.25) is 0 Å². The smallest absolute Gasteiger partial charge is 0.267 e. The van der Waals surface area contributed by atoms with Crippen LogP contribution in [0.25, 0.3) is 0 Å². The van der Waals surface area contributed by atoms with Crippen molar-refractivity contribution in [1.82, 2.24) is 9.46 Å². The molecule has 8 nitrogen and oxygen atoms in total. The largest absolute Gasteiger partial charge is 0.360 e. The summed E-state index contributed by atoms with van der Waals surface area (Å²) in [5.74, 6) is 0.182. The third kappa shape index (κ3) is 3.38. The van der Waals surface area contributed by atoms with E-state index in [9.17, 15) is 16.8 Å². The molecule has 0 aliphatic heterocycles. The Bertz CT molecular complexity index is 894. The highest BCUT2D eigenvalue weighted by atomic mass is 32.2. The van der Waals surface area contributed by atoms with Gasteiger partial charge in [-0.25, -0.2) is 21.1 Å². The molecule has 0 fully saturated rings. The summed E-state index contributed by atoms with van der Waals surface area (Å²) in [7, 11) is -4.58. The van der Waals surface area contributed by atoms with E-state index in [1.165, 1.54) is 52.2 Å². The number of sulfonamides is 2. The number of nitrogens with zero attached hydrogens (tertiary/aromatic N) is 2. The summed E-state index contributed by atoms with van der Waals surface area (Å²) in [6.45, 7) is 3.03. The van der Waals surface area contributed by atoms with Crippen LogP contribution in [0.3, 0.4) is 0 Å². The normalized spacial score (nSPS) is 12.6. The number of aryl methyl sites for hydroxylation is 2. The molecular formula is C13H17N3O5S2. The fraction of sp³-hybridized carbons (Fsp3) is 0.308. The second-order valence-electron chi connectivity index (χ2n) is 5.07. The first-order valence-corrected chi connectivity index (χ1v) is 9.46. The van der Waals surface area contributed by atoms with Gasteiger partial charge in [0.2, 0.25) is 10.0 Å². The average Bonchev–Trinajstić information content (AvgIpc) is 2.78. The number of nitrogens with one attached hydrogen (secondary N) is 1. The second kappa shape index (κ2) is 5.95. The molecule has 126 valence electrons. The first-order chi connectivity index (χ1) is 10.6. The zero-order chi connectivity index (χ0) is 17.4. The summed E-state index contributed by atoms with van der Waals surface area (Å²) >= 11 is 0. The minimum atomic E-state index is -3.86. The Morgan fingerprint density at radius 3 is 2.04 bits per heavy atom. The Morgan fingerprint density at radius 1 is 1.04 bits per heavy atom. The van der Waals surface area contributed by atoms with Crippen LogP contribution in [0.1, 0.15) is 11.5 Å². The van der Waals surface area contributed by atoms with Crippen molar-refractivity contribution in [2.24, 2.45) is 0 Å². The molecule has 0 aliphatic carbocycles. The van der Waals surface area contributed by atoms with Gasteiger partial charge in [-0.1, -0.05) is 5.16 Å². The van der Waals surface area contributed by atoms with Gasteiger partial charge in [0.05, 0.1) is 4.90 Å². The predicted molar refractivity (Wildman–Crippen MR) is 84.1 cm³/mol. The van der Waals surface area contributed by atoms with Crippen LogP contribution in [0.5, 0.6) is 0 Å². The fourth-order valence-electron chi connectivity index (χ4n) is 1.97. The first-order valence-electron chi connectivity index (χ1n) is 6.54. The van der Waals surface area contributed by atoms with Crippen molar-refractivity contribution in [3.05, 3.63) is 35.7 Å². The molecule has 0 aliphatic rings. The number of hydrogen-bond acceptors (Lipinski definition) is 6. The molecule has 1 aromatic carbocycles. The molecule has 0 radical (unpaired) electrons. The van der Waals surface area contributed by atoms with Gasteiger partial charge in [0.1, 0.15) is 5.69 Å². The molecule has 0 amide bonds. The zero-order valence-electron chi connectivity index (χ0n) is 13.1. The quantitative estimate of drug-likeness (QED) is 0.863. The Kier molecular flexibility index (Phi) is 4.51. The van der Waals surface area contributed by atoms with Crippen molar-refractivity contribution >= 4 is 25.7 Å². The van der Waals surface area contributed by atoms with Crippen LogP contribution in [0, 0.1) is 13.8 Å². The van der Waals surface area contributed by atoms with Gasteiger partial charge in [-0.3, -0.25) is 4.72 Å². The maximum atomic E-state index is 12.4. The maximum absolute atomic E-state index is 12.4. The molecule has 1 N–H and O–H groups in total. The Balaban J connectivity index is 2.32. The lowest BCUT2D eigenvalue weighted by molar-refractivity contribution is 0.390. The Morgan fingerprint density at radius 2 is 1.61 bits per heavy atom. The predicted octanol–water partition coefficient (Wildman–Crippen LogP) is 1.34. The number of anilines is 1. The van der Waals surface area contributed by atoms with E-state index in [1.54, 1.807) is 0 Å². The molecule has 23 heavy (non-hydrogen) atoms. The highest BCUT2D eigenvalue weighted by Gasteiger charge is 2.24. The van der Waals surface area contributed by atoms with Crippen LogP contribution < -0.4 is 4.72 Å². The van der Waals surface area contributed by atoms with Crippen LogP contribution in [0.15, 0.2) is 38.6 Å². The number of aromatic nitrogens is 1. The SMILES string of the molecule is Cc1noc(C)c1S(=O)(=O)Nc1ccc(S(=O)(=O)N(C)C)cc1. The molecule has 1 heterocycles. The Hall–Kier alpha value is -1.91. The average molecular weight is 359 g/mol. The van der Waals surface area contributed by atoms with Gasteiger partial charge in [0.15, 0.2) is 10.7 Å². The third-order valence-corrected chi connectivity index (χ3v) is 6.58. The van der Waals surface area contributed by atoms with Gasteiger partial charge in [0, 0.05) is 19.8 Å². The van der Waals surface area contributed by atoms with Crippen molar-refractivity contribution in [1.29, 1.82) is 0 Å². The highest BCUT2D eigenvalue weighted by molar-refractivity contribution is 7.92. The molecule has 0 unspecified atom stereocenters. The molecule has 1 aromatic heterocycles. The molecule has 0 spiro atoms. The van der Waals surface area contributed by atoms with E-state index in [0.29, 0.717) is 0 Å². The first kappa shape index (κ1) is 17.4. The van der Waals surface area contributed by atoms with E-state index < -0.39 is 20.0 Å². The molecule has 0 bridgehead atoms. The van der Waals surface area contributed by atoms with Crippen molar-refractivity contribution in [3.8, 4) is 0 Å². The second-order valence-corrected chi connectivity index (χ2v) is 8.84. The molecule has 10 heteroatoms. The zero-order valence-corrected chi connectivity index (χ0v) is 14.7. The van der Waals surface area contributed by atoms with Crippen LogP contribution in [-0.2, 0) is 20.0 Å². The van der Waals surface area contributed by atoms with Gasteiger partial charge >= 0.3 is 0 Å². The lowest BCUT2D eigenvalue weighted by Crippen LogP contribution is -2.22. The maximum Gasteiger partial charge on any atom is 0.267 e. The third-order valence-electron chi connectivity index (χ3n) is 3.12. The summed E-state index contributed by atoms with van der Waals surface area (Å²) in [6, 6.07) is 5.43. The monoisotopic (exact) mass is 359 g/mol. The van der Waals surface area contributed by atoms with E-state index in [4.69, 9.17) is 4.52 Å². The number of rotatable bonds is 5. The minimum absolute atomic E-state index is 0.0255. The Labute approximate surface area is 135 Å². The molecular weight excluding hydrogens is 342 g/mol. The van der Waals surface area contributed by atoms with Crippen molar-refractivity contribution in [3.63, 3.8) is 0 Å². The summed E-state index contributed by atoms with van der Waals surface area (Å²) in [6.07, 6.45) is 0. The summed E-state index contributed by atoms with van der Waals surface area (Å²) < 4.78 is 57.0. The lowest BCUT2D eigenvalue weighted by atomic mass is 10.3. The van der Waals surface area contributed by atoms with E-state index >= 15 is 0 Å². The fourth-order valence-corrected chi connectivity index (χ4v) is 4.26. The molecule has 2 rings (SSSR count). The standard InChI is InChI=1S/C13H17N3O5S2/c1-9-13(10(2)21-14-9)22(17,18)15-11-5-7-12(8-6-11)23(19,20)16(3)4/h5-8,15H,1-4H3. The van der Waals surface area contributed by atoms with E-state index in [-0.39, 0.29) is 26.9 Å². The molecule has 0 saturated heterocycles. The summed E-state index contributed by atoms with van der Waals surface area (Å²) in [4.78, 5) is 0.0466. The van der Waals surface area contributed by atoms with E-state index in [2.05, 4.69) is 9.88 Å². The van der Waals surface area contributed by atoms with Crippen molar-refractivity contribution < 1.29 is 21.4 Å². The number of hydrogen-bond donors (Lipinski definition) is 1. The van der Waals surface area contributed by atoms with Gasteiger partial charge < -0.3 is 4.52 Å². The lowest BCUT2D eigenvalue weighted by Gasteiger charge is -2.12. The van der Waals surface area contributed by atoms with Crippen molar-refractivity contribution in [2.45, 2.75) is 23.6 Å². The highest BCUT2D eigenvalue weighted by Crippen LogP contribution is 2.23. The van der Waals surface area contributed by atoms with E-state index in [0.717, 1.165) is 4.31 Å². The summed E-state index contributed by atoms with van der Waals surface area (Å²) in [5, 5.41) is 3.61. The summed E-state index contributed by atoms with van der Waals surface area (Å²) in [5.41, 5.74) is 0.490. The van der Waals surface area contributed by atoms with Gasteiger partial charge in [-0.05, 0) is 38.1 Å². The topological polar surface area (TPSA) is 110 Å².